The van der Waals surface area contributed by atoms with Crippen molar-refractivity contribution in [3.63, 3.8) is 0 Å². The van der Waals surface area contributed by atoms with E-state index in [1.54, 1.807) is 6.92 Å². The van der Waals surface area contributed by atoms with Crippen molar-refractivity contribution in [2.75, 3.05) is 32.8 Å². The molecule has 4 heteroatoms. The Hall–Kier alpha value is -1.39. The predicted octanol–water partition coefficient (Wildman–Crippen LogP) is 2.33. The molecule has 1 aromatic carbocycles. The lowest BCUT2D eigenvalue weighted by atomic mass is 9.76. The van der Waals surface area contributed by atoms with Crippen LogP contribution in [0.1, 0.15) is 31.7 Å². The van der Waals surface area contributed by atoms with Gasteiger partial charge in [-0.1, -0.05) is 30.3 Å². The van der Waals surface area contributed by atoms with Crippen LogP contribution in [0.2, 0.25) is 0 Å². The van der Waals surface area contributed by atoms with Crippen molar-refractivity contribution in [3.8, 4) is 0 Å². The Kier molecular flexibility index (Phi) is 4.35. The second-order valence-electron chi connectivity index (χ2n) is 7.92. The van der Waals surface area contributed by atoms with Crippen LogP contribution in [0.5, 0.6) is 0 Å². The second kappa shape index (κ2) is 6.49. The van der Waals surface area contributed by atoms with Crippen molar-refractivity contribution in [3.05, 3.63) is 35.9 Å². The zero-order valence-electron chi connectivity index (χ0n) is 14.6. The molecule has 0 N–H and O–H groups in total. The Morgan fingerprint density at radius 3 is 2.50 bits per heavy atom. The van der Waals surface area contributed by atoms with Gasteiger partial charge in [0.1, 0.15) is 0 Å². The molecule has 0 bridgehead atoms. The van der Waals surface area contributed by atoms with Gasteiger partial charge in [-0.3, -0.25) is 9.69 Å². The summed E-state index contributed by atoms with van der Waals surface area (Å²) in [6.07, 6.45) is 4.59. The molecule has 1 amide bonds. The Morgan fingerprint density at radius 2 is 1.92 bits per heavy atom. The van der Waals surface area contributed by atoms with Crippen LogP contribution in [0.4, 0.5) is 0 Å². The van der Waals surface area contributed by atoms with Gasteiger partial charge in [0.05, 0.1) is 19.3 Å². The summed E-state index contributed by atoms with van der Waals surface area (Å²) < 4.78 is 5.34. The zero-order chi connectivity index (χ0) is 16.6. The van der Waals surface area contributed by atoms with Crippen LogP contribution in [-0.2, 0) is 16.0 Å². The zero-order valence-corrected chi connectivity index (χ0v) is 14.6. The molecular formula is C20H28N2O2. The van der Waals surface area contributed by atoms with E-state index >= 15 is 0 Å². The maximum Gasteiger partial charge on any atom is 0.219 e. The molecule has 0 saturated carbocycles. The third-order valence-corrected chi connectivity index (χ3v) is 6.33. The normalized spacial score (nSPS) is 27.4. The number of carbonyl (C=O) groups is 1. The van der Waals surface area contributed by atoms with Gasteiger partial charge in [-0.2, -0.15) is 0 Å². The van der Waals surface area contributed by atoms with Crippen LogP contribution < -0.4 is 0 Å². The minimum atomic E-state index is 0.239. The summed E-state index contributed by atoms with van der Waals surface area (Å²) in [5, 5.41) is 0. The van der Waals surface area contributed by atoms with Gasteiger partial charge in [-0.05, 0) is 49.8 Å². The molecule has 130 valence electrons. The van der Waals surface area contributed by atoms with Gasteiger partial charge in [0.15, 0.2) is 0 Å². The molecule has 1 aromatic rings. The smallest absolute Gasteiger partial charge is 0.219 e. The van der Waals surface area contributed by atoms with E-state index in [1.165, 1.54) is 18.4 Å². The Bertz CT molecular complexity index is 577. The van der Waals surface area contributed by atoms with E-state index in [9.17, 15) is 4.79 Å². The van der Waals surface area contributed by atoms with E-state index in [0.29, 0.717) is 17.5 Å². The van der Waals surface area contributed by atoms with Crippen molar-refractivity contribution in [1.29, 1.82) is 0 Å². The number of nitrogens with zero attached hydrogens (tertiary/aromatic N) is 2. The molecule has 3 fully saturated rings. The first kappa shape index (κ1) is 16.1. The standard InChI is InChI=1S/C20H28N2O2/c1-16(23)22-15-20(7-9-21(10-8-20)19-13-24-14-19)12-18(22)11-17-5-3-2-4-6-17/h2-6,18-19H,7-15H2,1H3. The van der Waals surface area contributed by atoms with Gasteiger partial charge >= 0.3 is 0 Å². The average molecular weight is 328 g/mol. The van der Waals surface area contributed by atoms with E-state index in [0.717, 1.165) is 45.7 Å². The molecule has 3 heterocycles. The fourth-order valence-electron chi connectivity index (χ4n) is 4.76. The van der Waals surface area contributed by atoms with Crippen LogP contribution in [0, 0.1) is 5.41 Å². The lowest BCUT2D eigenvalue weighted by Crippen LogP contribution is -2.53. The molecule has 1 spiro atoms. The average Bonchev–Trinajstić information content (AvgIpc) is 2.88. The quantitative estimate of drug-likeness (QED) is 0.854. The molecule has 3 aliphatic rings. The minimum absolute atomic E-state index is 0.239. The van der Waals surface area contributed by atoms with Crippen molar-refractivity contribution < 1.29 is 9.53 Å². The highest BCUT2D eigenvalue weighted by molar-refractivity contribution is 5.74. The van der Waals surface area contributed by atoms with Crippen LogP contribution in [0.25, 0.3) is 0 Å². The number of benzene rings is 1. The number of hydrogen-bond donors (Lipinski definition) is 0. The van der Waals surface area contributed by atoms with Gasteiger partial charge in [0.2, 0.25) is 5.91 Å². The third-order valence-electron chi connectivity index (χ3n) is 6.33. The number of carbonyl (C=O) groups excluding carboxylic acids is 1. The Balaban J connectivity index is 1.43. The minimum Gasteiger partial charge on any atom is -0.378 e. The van der Waals surface area contributed by atoms with Crippen LogP contribution >= 0.6 is 0 Å². The molecular weight excluding hydrogens is 300 g/mol. The molecule has 0 aliphatic carbocycles. The summed E-state index contributed by atoms with van der Waals surface area (Å²) in [5.41, 5.74) is 1.68. The van der Waals surface area contributed by atoms with Crippen molar-refractivity contribution in [1.82, 2.24) is 9.80 Å². The first-order valence-corrected chi connectivity index (χ1v) is 9.28. The molecule has 0 radical (unpaired) electrons. The van der Waals surface area contributed by atoms with Gasteiger partial charge in [-0.25, -0.2) is 0 Å². The topological polar surface area (TPSA) is 32.8 Å². The Labute approximate surface area is 144 Å². The summed E-state index contributed by atoms with van der Waals surface area (Å²) in [6.45, 7) is 6.83. The highest BCUT2D eigenvalue weighted by atomic mass is 16.5. The van der Waals surface area contributed by atoms with E-state index in [-0.39, 0.29) is 5.91 Å². The monoisotopic (exact) mass is 328 g/mol. The highest BCUT2D eigenvalue weighted by Crippen LogP contribution is 2.44. The highest BCUT2D eigenvalue weighted by Gasteiger charge is 2.47. The van der Waals surface area contributed by atoms with Crippen LogP contribution in [0.3, 0.4) is 0 Å². The van der Waals surface area contributed by atoms with E-state index in [2.05, 4.69) is 40.1 Å². The number of likely N-dealkylation sites (tertiary alicyclic amines) is 2. The van der Waals surface area contributed by atoms with Gasteiger partial charge in [0, 0.05) is 19.5 Å². The molecule has 3 aliphatic heterocycles. The summed E-state index contributed by atoms with van der Waals surface area (Å²) >= 11 is 0. The largest absolute Gasteiger partial charge is 0.378 e. The maximum absolute atomic E-state index is 12.2. The lowest BCUT2D eigenvalue weighted by molar-refractivity contribution is -0.130. The molecule has 1 unspecified atom stereocenters. The summed E-state index contributed by atoms with van der Waals surface area (Å²) in [6, 6.07) is 11.6. The summed E-state index contributed by atoms with van der Waals surface area (Å²) in [7, 11) is 0. The van der Waals surface area contributed by atoms with Crippen LogP contribution in [-0.4, -0.2) is 60.6 Å². The van der Waals surface area contributed by atoms with Gasteiger partial charge in [0.25, 0.3) is 0 Å². The van der Waals surface area contributed by atoms with Crippen molar-refractivity contribution in [2.24, 2.45) is 5.41 Å². The fourth-order valence-corrected chi connectivity index (χ4v) is 4.76. The summed E-state index contributed by atoms with van der Waals surface area (Å²) in [5.74, 6) is 0.239. The van der Waals surface area contributed by atoms with Gasteiger partial charge < -0.3 is 9.64 Å². The molecule has 4 nitrogen and oxygen atoms in total. The number of rotatable bonds is 3. The molecule has 0 aromatic heterocycles. The predicted molar refractivity (Wildman–Crippen MR) is 93.8 cm³/mol. The van der Waals surface area contributed by atoms with E-state index in [4.69, 9.17) is 4.74 Å². The Morgan fingerprint density at radius 1 is 1.21 bits per heavy atom. The first-order chi connectivity index (χ1) is 11.7. The fraction of sp³-hybridized carbons (Fsp3) is 0.650. The van der Waals surface area contributed by atoms with Crippen molar-refractivity contribution in [2.45, 2.75) is 44.7 Å². The van der Waals surface area contributed by atoms with Crippen molar-refractivity contribution >= 4 is 5.91 Å². The van der Waals surface area contributed by atoms with E-state index < -0.39 is 0 Å². The molecule has 3 saturated heterocycles. The molecule has 1 atom stereocenters. The third kappa shape index (κ3) is 3.09. The molecule has 4 rings (SSSR count). The lowest BCUT2D eigenvalue weighted by Gasteiger charge is -2.45. The van der Waals surface area contributed by atoms with Gasteiger partial charge in [-0.15, -0.1) is 0 Å². The second-order valence-corrected chi connectivity index (χ2v) is 7.92. The number of hydrogen-bond acceptors (Lipinski definition) is 3. The number of ether oxygens (including phenoxy) is 1. The maximum atomic E-state index is 12.2. The van der Waals surface area contributed by atoms with E-state index in [1.807, 2.05) is 0 Å². The van der Waals surface area contributed by atoms with Crippen LogP contribution in [0.15, 0.2) is 30.3 Å². The summed E-state index contributed by atoms with van der Waals surface area (Å²) in [4.78, 5) is 16.9. The number of amides is 1. The molecule has 24 heavy (non-hydrogen) atoms. The number of piperidine rings is 1. The first-order valence-electron chi connectivity index (χ1n) is 9.28. The SMILES string of the molecule is CC(=O)N1CC2(CCN(C3COC3)CC2)CC1Cc1ccccc1.